The lowest BCUT2D eigenvalue weighted by molar-refractivity contribution is 1.71. The maximum atomic E-state index is 3.75. The highest BCUT2D eigenvalue weighted by molar-refractivity contribution is 7.25. The molecule has 1 heterocycles. The van der Waals surface area contributed by atoms with Crippen LogP contribution in [0.25, 0.3) is 63.6 Å². The molecular formula is C30H17S. The summed E-state index contributed by atoms with van der Waals surface area (Å²) >= 11 is 1.84. The first kappa shape index (κ1) is 17.0. The second-order valence-electron chi connectivity index (χ2n) is 8.06. The summed E-state index contributed by atoms with van der Waals surface area (Å²) in [7, 11) is 0. The number of hydrogen-bond acceptors (Lipinski definition) is 1. The van der Waals surface area contributed by atoms with Gasteiger partial charge in [0, 0.05) is 26.2 Å². The average molecular weight is 410 g/mol. The summed E-state index contributed by atoms with van der Waals surface area (Å²) < 4.78 is 2.61. The van der Waals surface area contributed by atoms with Crippen LogP contribution in [-0.4, -0.2) is 0 Å². The Kier molecular flexibility index (Phi) is 3.52. The van der Waals surface area contributed by atoms with Crippen LogP contribution in [0.2, 0.25) is 0 Å². The van der Waals surface area contributed by atoms with E-state index >= 15 is 0 Å². The molecule has 7 rings (SSSR count). The molecule has 0 atom stereocenters. The molecule has 0 fully saturated rings. The van der Waals surface area contributed by atoms with Gasteiger partial charge in [-0.15, -0.1) is 11.3 Å². The summed E-state index contributed by atoms with van der Waals surface area (Å²) in [5.74, 6) is 0. The molecule has 0 aliphatic rings. The number of rotatable bonds is 1. The van der Waals surface area contributed by atoms with Crippen LogP contribution in [0.15, 0.2) is 103 Å². The SMILES string of the molecule is [c]1c(-c2cccc3c2ccc2c4ccccc4ccc32)ccc2sc3ccccc3c12. The molecule has 1 radical (unpaired) electrons. The maximum Gasteiger partial charge on any atom is 0.0362 e. The zero-order chi connectivity index (χ0) is 20.4. The number of hydrogen-bond donors (Lipinski definition) is 0. The molecule has 1 heteroatoms. The molecule has 0 spiro atoms. The summed E-state index contributed by atoms with van der Waals surface area (Å²) in [6.45, 7) is 0. The quantitative estimate of drug-likeness (QED) is 0.237. The Balaban J connectivity index is 1.53. The minimum atomic E-state index is 1.15. The zero-order valence-electron chi connectivity index (χ0n) is 16.7. The van der Waals surface area contributed by atoms with Crippen LogP contribution >= 0.6 is 11.3 Å². The molecule has 0 aliphatic heterocycles. The van der Waals surface area contributed by atoms with Gasteiger partial charge in [0.2, 0.25) is 0 Å². The first-order chi connectivity index (χ1) is 15.4. The summed E-state index contributed by atoms with van der Waals surface area (Å²) in [6.07, 6.45) is 0. The molecule has 143 valence electrons. The smallest absolute Gasteiger partial charge is 0.0362 e. The van der Waals surface area contributed by atoms with Gasteiger partial charge in [-0.3, -0.25) is 0 Å². The van der Waals surface area contributed by atoms with E-state index < -0.39 is 0 Å². The van der Waals surface area contributed by atoms with Crippen molar-refractivity contribution in [3.63, 3.8) is 0 Å². The fourth-order valence-corrected chi connectivity index (χ4v) is 5.96. The molecule has 0 aliphatic carbocycles. The van der Waals surface area contributed by atoms with Crippen LogP contribution in [0.4, 0.5) is 0 Å². The molecule has 0 unspecified atom stereocenters. The van der Waals surface area contributed by atoms with Gasteiger partial charge in [0.25, 0.3) is 0 Å². The molecule has 0 nitrogen and oxygen atoms in total. The standard InChI is InChI=1S/C30H17S/c1-2-7-21-19(6-1)12-14-26-23-10-5-9-22(25(23)16-15-24(21)26)20-13-17-30-28(18-20)27-8-3-4-11-29(27)31-30/h1-17H. The zero-order valence-corrected chi connectivity index (χ0v) is 17.5. The summed E-state index contributed by atoms with van der Waals surface area (Å²) in [5.41, 5.74) is 2.39. The van der Waals surface area contributed by atoms with E-state index in [1.165, 1.54) is 58.1 Å². The maximum absolute atomic E-state index is 3.75. The van der Waals surface area contributed by atoms with E-state index in [1.54, 1.807) is 0 Å². The van der Waals surface area contributed by atoms with Crippen molar-refractivity contribution in [3.05, 3.63) is 109 Å². The molecule has 0 saturated carbocycles. The van der Waals surface area contributed by atoms with Crippen LogP contribution in [0.1, 0.15) is 0 Å². The van der Waals surface area contributed by atoms with E-state index in [9.17, 15) is 0 Å². The Morgan fingerprint density at radius 3 is 2.13 bits per heavy atom. The fraction of sp³-hybridized carbons (Fsp3) is 0. The number of benzene rings is 6. The van der Waals surface area contributed by atoms with Crippen molar-refractivity contribution in [2.45, 2.75) is 0 Å². The number of thiophene rings is 1. The first-order valence-corrected chi connectivity index (χ1v) is 11.4. The summed E-state index contributed by atoms with van der Waals surface area (Å²) in [5, 5.41) is 10.3. The summed E-state index contributed by atoms with van der Waals surface area (Å²) in [6, 6.07) is 41.2. The Hall–Kier alpha value is -3.68. The topological polar surface area (TPSA) is 0 Å². The highest BCUT2D eigenvalue weighted by Gasteiger charge is 2.11. The van der Waals surface area contributed by atoms with Crippen molar-refractivity contribution >= 4 is 63.8 Å². The lowest BCUT2D eigenvalue weighted by Gasteiger charge is -2.11. The minimum absolute atomic E-state index is 1.15. The second-order valence-corrected chi connectivity index (χ2v) is 9.14. The van der Waals surface area contributed by atoms with Crippen molar-refractivity contribution in [3.8, 4) is 11.1 Å². The van der Waals surface area contributed by atoms with Gasteiger partial charge in [0.15, 0.2) is 0 Å². The van der Waals surface area contributed by atoms with E-state index in [0.717, 1.165) is 5.56 Å². The van der Waals surface area contributed by atoms with Crippen LogP contribution in [0.3, 0.4) is 0 Å². The van der Waals surface area contributed by atoms with Crippen molar-refractivity contribution in [1.82, 2.24) is 0 Å². The van der Waals surface area contributed by atoms with E-state index in [1.807, 2.05) is 11.3 Å². The van der Waals surface area contributed by atoms with Gasteiger partial charge in [-0.05, 0) is 55.6 Å². The lowest BCUT2D eigenvalue weighted by atomic mass is 9.92. The molecule has 6 aromatic carbocycles. The molecule has 0 saturated heterocycles. The monoisotopic (exact) mass is 409 g/mol. The first-order valence-electron chi connectivity index (χ1n) is 10.5. The summed E-state index contributed by atoms with van der Waals surface area (Å²) in [4.78, 5) is 0. The Morgan fingerprint density at radius 1 is 0.452 bits per heavy atom. The van der Waals surface area contributed by atoms with Gasteiger partial charge >= 0.3 is 0 Å². The Morgan fingerprint density at radius 2 is 1.16 bits per heavy atom. The van der Waals surface area contributed by atoms with Gasteiger partial charge in [0.05, 0.1) is 0 Å². The molecule has 1 aromatic heterocycles. The normalized spacial score (nSPS) is 11.9. The Bertz CT molecular complexity index is 1790. The van der Waals surface area contributed by atoms with Crippen molar-refractivity contribution < 1.29 is 0 Å². The minimum Gasteiger partial charge on any atom is -0.135 e. The van der Waals surface area contributed by atoms with E-state index in [0.29, 0.717) is 0 Å². The number of fused-ring (bicyclic) bond motifs is 8. The van der Waals surface area contributed by atoms with E-state index in [2.05, 4.69) is 109 Å². The van der Waals surface area contributed by atoms with Gasteiger partial charge in [-0.2, -0.15) is 0 Å². The Labute approximate surface area is 184 Å². The molecule has 7 aromatic rings. The van der Waals surface area contributed by atoms with Crippen molar-refractivity contribution in [2.75, 3.05) is 0 Å². The molecule has 0 bridgehead atoms. The van der Waals surface area contributed by atoms with Crippen LogP contribution in [0, 0.1) is 6.07 Å². The van der Waals surface area contributed by atoms with Crippen molar-refractivity contribution in [1.29, 1.82) is 0 Å². The third-order valence-corrected chi connectivity index (χ3v) is 7.49. The predicted octanol–water partition coefficient (Wildman–Crippen LogP) is 8.98. The van der Waals surface area contributed by atoms with E-state index in [-0.39, 0.29) is 0 Å². The highest BCUT2D eigenvalue weighted by atomic mass is 32.1. The lowest BCUT2D eigenvalue weighted by Crippen LogP contribution is -1.85. The van der Waals surface area contributed by atoms with Gasteiger partial charge in [0.1, 0.15) is 0 Å². The third kappa shape index (κ3) is 2.47. The molecule has 0 N–H and O–H groups in total. The second kappa shape index (κ2) is 6.41. The molecule has 31 heavy (non-hydrogen) atoms. The van der Waals surface area contributed by atoms with Gasteiger partial charge < -0.3 is 0 Å². The van der Waals surface area contributed by atoms with Gasteiger partial charge in [-0.25, -0.2) is 0 Å². The average Bonchev–Trinajstić information content (AvgIpc) is 3.21. The third-order valence-electron chi connectivity index (χ3n) is 6.36. The fourth-order valence-electron chi connectivity index (χ4n) is 4.89. The van der Waals surface area contributed by atoms with E-state index in [4.69, 9.17) is 0 Å². The van der Waals surface area contributed by atoms with Crippen LogP contribution in [0.5, 0.6) is 0 Å². The largest absolute Gasteiger partial charge is 0.135 e. The predicted molar refractivity (Wildman–Crippen MR) is 136 cm³/mol. The van der Waals surface area contributed by atoms with Crippen LogP contribution in [-0.2, 0) is 0 Å². The van der Waals surface area contributed by atoms with Crippen LogP contribution < -0.4 is 0 Å². The molecule has 0 amide bonds. The van der Waals surface area contributed by atoms with Crippen molar-refractivity contribution in [2.24, 2.45) is 0 Å². The highest BCUT2D eigenvalue weighted by Crippen LogP contribution is 2.39. The molecular weight excluding hydrogens is 392 g/mol. The van der Waals surface area contributed by atoms with Gasteiger partial charge in [-0.1, -0.05) is 91.0 Å².